The lowest BCUT2D eigenvalue weighted by molar-refractivity contribution is 0.122. The van der Waals surface area contributed by atoms with Crippen LogP contribution in [-0.4, -0.2) is 31.3 Å². The van der Waals surface area contributed by atoms with Gasteiger partial charge in [-0.3, -0.25) is 0 Å². The maximum Gasteiger partial charge on any atom is 0.126 e. The number of pyridine rings is 1. The minimum Gasteiger partial charge on any atom is -0.384 e. The molecule has 1 aliphatic heterocycles. The molecule has 0 bridgehead atoms. The van der Waals surface area contributed by atoms with Gasteiger partial charge in [0.15, 0.2) is 0 Å². The molecule has 1 aliphatic rings. The number of hydrogen-bond donors (Lipinski definition) is 1. The highest BCUT2D eigenvalue weighted by Gasteiger charge is 2.12. The minimum atomic E-state index is 0.548. The summed E-state index contributed by atoms with van der Waals surface area (Å²) in [6.07, 6.45) is 4.04. The Balaban J connectivity index is 1.82. The van der Waals surface area contributed by atoms with E-state index in [1.165, 1.54) is 0 Å². The van der Waals surface area contributed by atoms with Crippen LogP contribution in [0.1, 0.15) is 11.3 Å². The van der Waals surface area contributed by atoms with Gasteiger partial charge in [0, 0.05) is 24.8 Å². The van der Waals surface area contributed by atoms with E-state index in [0.717, 1.165) is 43.2 Å². The summed E-state index contributed by atoms with van der Waals surface area (Å²) >= 11 is 0. The molecule has 1 saturated heterocycles. The summed E-state index contributed by atoms with van der Waals surface area (Å²) in [4.78, 5) is 6.66. The highest BCUT2D eigenvalue weighted by atomic mass is 16.5. The SMILES string of the molecule is Nc1cc(N2CCOCC2)cc(/C=C/c2ccccc2)n1. The van der Waals surface area contributed by atoms with E-state index in [1.54, 1.807) is 0 Å². The lowest BCUT2D eigenvalue weighted by atomic mass is 10.2. The van der Waals surface area contributed by atoms with Crippen molar-refractivity contribution in [2.75, 3.05) is 36.9 Å². The molecule has 4 nitrogen and oxygen atoms in total. The summed E-state index contributed by atoms with van der Waals surface area (Å²) < 4.78 is 5.38. The summed E-state index contributed by atoms with van der Waals surface area (Å²) in [6.45, 7) is 3.31. The van der Waals surface area contributed by atoms with E-state index in [4.69, 9.17) is 10.5 Å². The molecular formula is C17H19N3O. The van der Waals surface area contributed by atoms with Crippen LogP contribution in [0.15, 0.2) is 42.5 Å². The topological polar surface area (TPSA) is 51.4 Å². The molecule has 0 atom stereocenters. The number of anilines is 2. The monoisotopic (exact) mass is 281 g/mol. The zero-order valence-electron chi connectivity index (χ0n) is 11.9. The molecule has 3 rings (SSSR count). The van der Waals surface area contributed by atoms with Crippen LogP contribution in [0.4, 0.5) is 11.5 Å². The predicted octanol–water partition coefficient (Wildman–Crippen LogP) is 2.67. The van der Waals surface area contributed by atoms with E-state index in [2.05, 4.69) is 28.1 Å². The van der Waals surface area contributed by atoms with Crippen LogP contribution < -0.4 is 10.6 Å². The van der Waals surface area contributed by atoms with Gasteiger partial charge in [-0.15, -0.1) is 0 Å². The van der Waals surface area contributed by atoms with Gasteiger partial charge in [-0.05, 0) is 17.7 Å². The number of morpholine rings is 1. The van der Waals surface area contributed by atoms with Gasteiger partial charge in [0.1, 0.15) is 5.82 Å². The van der Waals surface area contributed by atoms with E-state index < -0.39 is 0 Å². The van der Waals surface area contributed by atoms with Crippen LogP contribution in [0, 0.1) is 0 Å². The fourth-order valence-corrected chi connectivity index (χ4v) is 2.39. The average molecular weight is 281 g/mol. The third-order valence-corrected chi connectivity index (χ3v) is 3.47. The second kappa shape index (κ2) is 6.41. The lowest BCUT2D eigenvalue weighted by Crippen LogP contribution is -2.36. The maximum absolute atomic E-state index is 5.93. The van der Waals surface area contributed by atoms with E-state index in [-0.39, 0.29) is 0 Å². The molecule has 108 valence electrons. The Kier molecular flexibility index (Phi) is 4.17. The highest BCUT2D eigenvalue weighted by molar-refractivity contribution is 5.71. The number of hydrogen-bond acceptors (Lipinski definition) is 4. The van der Waals surface area contributed by atoms with Crippen molar-refractivity contribution in [1.29, 1.82) is 0 Å². The number of nitrogen functional groups attached to an aromatic ring is 1. The fraction of sp³-hybridized carbons (Fsp3) is 0.235. The smallest absolute Gasteiger partial charge is 0.126 e. The van der Waals surface area contributed by atoms with Crippen molar-refractivity contribution in [2.45, 2.75) is 0 Å². The first-order valence-corrected chi connectivity index (χ1v) is 7.15. The van der Waals surface area contributed by atoms with Crippen LogP contribution in [0.5, 0.6) is 0 Å². The summed E-state index contributed by atoms with van der Waals surface area (Å²) in [5, 5.41) is 0. The molecule has 0 radical (unpaired) electrons. The Morgan fingerprint density at radius 1 is 1.05 bits per heavy atom. The largest absolute Gasteiger partial charge is 0.384 e. The molecule has 2 aromatic rings. The summed E-state index contributed by atoms with van der Waals surface area (Å²) in [6, 6.07) is 14.2. The molecule has 2 N–H and O–H groups in total. The maximum atomic E-state index is 5.93. The van der Waals surface area contributed by atoms with Crippen LogP contribution >= 0.6 is 0 Å². The van der Waals surface area contributed by atoms with Crippen molar-refractivity contribution in [3.8, 4) is 0 Å². The summed E-state index contributed by atoms with van der Waals surface area (Å²) in [5.41, 5.74) is 9.07. The van der Waals surface area contributed by atoms with Gasteiger partial charge in [-0.1, -0.05) is 36.4 Å². The van der Waals surface area contributed by atoms with Crippen molar-refractivity contribution >= 4 is 23.7 Å². The molecule has 0 unspecified atom stereocenters. The molecule has 0 amide bonds. The Labute approximate surface area is 124 Å². The third-order valence-electron chi connectivity index (χ3n) is 3.47. The highest BCUT2D eigenvalue weighted by Crippen LogP contribution is 2.20. The first-order chi connectivity index (χ1) is 10.3. The molecular weight excluding hydrogens is 262 g/mol. The fourth-order valence-electron chi connectivity index (χ4n) is 2.39. The van der Waals surface area contributed by atoms with Crippen LogP contribution in [0.25, 0.3) is 12.2 Å². The summed E-state index contributed by atoms with van der Waals surface area (Å²) in [5.74, 6) is 0.548. The van der Waals surface area contributed by atoms with Crippen LogP contribution in [0.2, 0.25) is 0 Å². The average Bonchev–Trinajstić information content (AvgIpc) is 2.54. The molecule has 1 aromatic heterocycles. The van der Waals surface area contributed by atoms with Gasteiger partial charge in [-0.2, -0.15) is 0 Å². The Morgan fingerprint density at radius 3 is 2.57 bits per heavy atom. The summed E-state index contributed by atoms with van der Waals surface area (Å²) in [7, 11) is 0. The second-order valence-corrected chi connectivity index (χ2v) is 5.02. The molecule has 4 heteroatoms. The van der Waals surface area contributed by atoms with Crippen molar-refractivity contribution in [3.63, 3.8) is 0 Å². The van der Waals surface area contributed by atoms with Crippen LogP contribution in [0.3, 0.4) is 0 Å². The molecule has 21 heavy (non-hydrogen) atoms. The minimum absolute atomic E-state index is 0.548. The van der Waals surface area contributed by atoms with Crippen molar-refractivity contribution in [2.24, 2.45) is 0 Å². The van der Waals surface area contributed by atoms with E-state index in [1.807, 2.05) is 36.4 Å². The zero-order chi connectivity index (χ0) is 14.5. The van der Waals surface area contributed by atoms with E-state index in [0.29, 0.717) is 5.82 Å². The lowest BCUT2D eigenvalue weighted by Gasteiger charge is -2.29. The number of nitrogens with two attached hydrogens (primary N) is 1. The Bertz CT molecular complexity index is 619. The van der Waals surface area contributed by atoms with E-state index in [9.17, 15) is 0 Å². The second-order valence-electron chi connectivity index (χ2n) is 5.02. The van der Waals surface area contributed by atoms with Gasteiger partial charge >= 0.3 is 0 Å². The van der Waals surface area contributed by atoms with E-state index >= 15 is 0 Å². The number of rotatable bonds is 3. The first kappa shape index (κ1) is 13.6. The van der Waals surface area contributed by atoms with Gasteiger partial charge in [0.05, 0.1) is 18.9 Å². The molecule has 0 aliphatic carbocycles. The number of nitrogens with zero attached hydrogens (tertiary/aromatic N) is 2. The zero-order valence-corrected chi connectivity index (χ0v) is 11.9. The molecule has 2 heterocycles. The van der Waals surface area contributed by atoms with Crippen molar-refractivity contribution in [1.82, 2.24) is 4.98 Å². The number of aromatic nitrogens is 1. The third kappa shape index (κ3) is 3.61. The number of benzene rings is 1. The standard InChI is InChI=1S/C17H19N3O/c18-17-13-16(20-8-10-21-11-9-20)12-15(19-17)7-6-14-4-2-1-3-5-14/h1-7,12-13H,8-11H2,(H2,18,19)/b7-6+. The molecule has 1 fully saturated rings. The normalized spacial score (nSPS) is 15.5. The Hall–Kier alpha value is -2.33. The Morgan fingerprint density at radius 2 is 1.81 bits per heavy atom. The van der Waals surface area contributed by atoms with Gasteiger partial charge in [0.25, 0.3) is 0 Å². The van der Waals surface area contributed by atoms with Gasteiger partial charge in [0.2, 0.25) is 0 Å². The molecule has 1 aromatic carbocycles. The molecule has 0 spiro atoms. The quantitative estimate of drug-likeness (QED) is 0.939. The molecule has 0 saturated carbocycles. The van der Waals surface area contributed by atoms with Gasteiger partial charge in [-0.25, -0.2) is 4.98 Å². The van der Waals surface area contributed by atoms with Crippen LogP contribution in [-0.2, 0) is 4.74 Å². The number of ether oxygens (including phenoxy) is 1. The van der Waals surface area contributed by atoms with Crippen molar-refractivity contribution < 1.29 is 4.74 Å². The first-order valence-electron chi connectivity index (χ1n) is 7.15. The predicted molar refractivity (Wildman–Crippen MR) is 87.1 cm³/mol. The van der Waals surface area contributed by atoms with Crippen molar-refractivity contribution in [3.05, 3.63) is 53.7 Å². The van der Waals surface area contributed by atoms with Gasteiger partial charge < -0.3 is 15.4 Å².